The molecule has 0 aliphatic heterocycles. The topological polar surface area (TPSA) is 110 Å². The van der Waals surface area contributed by atoms with E-state index in [1.807, 2.05) is 12.1 Å². The fraction of sp³-hybridized carbons (Fsp3) is 0.286. The number of benzene rings is 2. The number of hydrogen-bond donors (Lipinski definition) is 3. The first kappa shape index (κ1) is 18.0. The van der Waals surface area contributed by atoms with Crippen LogP contribution in [-0.4, -0.2) is 28.1 Å². The van der Waals surface area contributed by atoms with E-state index in [1.165, 1.54) is 19.3 Å². The van der Waals surface area contributed by atoms with Crippen LogP contribution in [0.3, 0.4) is 0 Å². The van der Waals surface area contributed by atoms with Crippen LogP contribution in [0.1, 0.15) is 53.0 Å². The molecule has 144 valence electrons. The van der Waals surface area contributed by atoms with Crippen molar-refractivity contribution >= 4 is 28.4 Å². The van der Waals surface area contributed by atoms with E-state index in [-0.39, 0.29) is 17.7 Å². The van der Waals surface area contributed by atoms with Crippen molar-refractivity contribution in [3.8, 4) is 5.75 Å². The number of nitrogens with one attached hydrogen (secondary N) is 2. The number of anilines is 1. The molecule has 7 heteroatoms. The van der Waals surface area contributed by atoms with Gasteiger partial charge < -0.3 is 15.8 Å². The Morgan fingerprint density at radius 3 is 2.71 bits per heavy atom. The lowest BCUT2D eigenvalue weighted by molar-refractivity contribution is 0.0995. The summed E-state index contributed by atoms with van der Waals surface area (Å²) in [6.45, 7) is 0. The van der Waals surface area contributed by atoms with Crippen molar-refractivity contribution in [3.05, 3.63) is 53.7 Å². The van der Waals surface area contributed by atoms with Crippen molar-refractivity contribution in [3.63, 3.8) is 0 Å². The maximum absolute atomic E-state index is 12.7. The van der Waals surface area contributed by atoms with E-state index in [1.54, 1.807) is 30.3 Å². The van der Waals surface area contributed by atoms with Gasteiger partial charge in [-0.1, -0.05) is 12.5 Å². The van der Waals surface area contributed by atoms with Gasteiger partial charge in [0.15, 0.2) is 5.69 Å². The van der Waals surface area contributed by atoms with E-state index in [2.05, 4.69) is 15.5 Å². The summed E-state index contributed by atoms with van der Waals surface area (Å²) in [4.78, 5) is 24.1. The molecule has 3 aromatic rings. The van der Waals surface area contributed by atoms with E-state index in [0.717, 1.165) is 12.8 Å². The Morgan fingerprint density at radius 2 is 1.93 bits per heavy atom. The van der Waals surface area contributed by atoms with Crippen LogP contribution in [0.4, 0.5) is 5.69 Å². The summed E-state index contributed by atoms with van der Waals surface area (Å²) in [6.07, 6.45) is 5.99. The van der Waals surface area contributed by atoms with Gasteiger partial charge in [-0.25, -0.2) is 0 Å². The quantitative estimate of drug-likeness (QED) is 0.630. The van der Waals surface area contributed by atoms with Crippen molar-refractivity contribution < 1.29 is 14.3 Å². The SMILES string of the molecule is NC(=O)c1n[nH]c2ccc(NC(=O)c3cccc(OC4CCCCC4)c3)cc12. The average molecular weight is 378 g/mol. The van der Waals surface area contributed by atoms with E-state index in [0.29, 0.717) is 27.9 Å². The van der Waals surface area contributed by atoms with Gasteiger partial charge in [-0.05, 0) is 62.1 Å². The van der Waals surface area contributed by atoms with Gasteiger partial charge in [0.25, 0.3) is 11.8 Å². The highest BCUT2D eigenvalue weighted by Crippen LogP contribution is 2.25. The second kappa shape index (κ2) is 7.72. The lowest BCUT2D eigenvalue weighted by Gasteiger charge is -2.23. The fourth-order valence-corrected chi connectivity index (χ4v) is 3.57. The Labute approximate surface area is 162 Å². The minimum atomic E-state index is -0.623. The zero-order chi connectivity index (χ0) is 19.5. The number of fused-ring (bicyclic) bond motifs is 1. The molecule has 1 fully saturated rings. The molecular weight excluding hydrogens is 356 g/mol. The predicted molar refractivity (Wildman–Crippen MR) is 107 cm³/mol. The first-order valence-electron chi connectivity index (χ1n) is 9.46. The molecule has 4 rings (SSSR count). The molecule has 1 aromatic heterocycles. The minimum absolute atomic E-state index is 0.147. The van der Waals surface area contributed by atoms with Crippen molar-refractivity contribution in [1.29, 1.82) is 0 Å². The maximum atomic E-state index is 12.7. The van der Waals surface area contributed by atoms with Gasteiger partial charge in [0, 0.05) is 16.6 Å². The number of H-pyrrole nitrogens is 1. The molecule has 1 aliphatic rings. The van der Waals surface area contributed by atoms with Crippen LogP contribution >= 0.6 is 0 Å². The summed E-state index contributed by atoms with van der Waals surface area (Å²) in [6, 6.07) is 12.4. The second-order valence-electron chi connectivity index (χ2n) is 7.06. The Morgan fingerprint density at radius 1 is 1.11 bits per heavy atom. The van der Waals surface area contributed by atoms with Gasteiger partial charge >= 0.3 is 0 Å². The predicted octanol–water partition coefficient (Wildman–Crippen LogP) is 3.63. The number of primary amides is 1. The van der Waals surface area contributed by atoms with Crippen molar-refractivity contribution in [2.24, 2.45) is 5.73 Å². The number of hydrogen-bond acceptors (Lipinski definition) is 4. The number of nitrogens with zero attached hydrogens (tertiary/aromatic N) is 1. The monoisotopic (exact) mass is 378 g/mol. The number of carbonyl (C=O) groups excluding carboxylic acids is 2. The van der Waals surface area contributed by atoms with Crippen molar-refractivity contribution in [2.75, 3.05) is 5.32 Å². The second-order valence-corrected chi connectivity index (χ2v) is 7.06. The Kier molecular flexibility index (Phi) is 4.97. The number of nitrogens with two attached hydrogens (primary N) is 1. The molecule has 2 aromatic carbocycles. The summed E-state index contributed by atoms with van der Waals surface area (Å²) in [5, 5.41) is 10.1. The van der Waals surface area contributed by atoms with Gasteiger partial charge in [-0.15, -0.1) is 0 Å². The van der Waals surface area contributed by atoms with Crippen LogP contribution in [0.2, 0.25) is 0 Å². The third-order valence-electron chi connectivity index (χ3n) is 5.01. The average Bonchev–Trinajstić information content (AvgIpc) is 3.12. The summed E-state index contributed by atoms with van der Waals surface area (Å²) < 4.78 is 6.04. The molecule has 28 heavy (non-hydrogen) atoms. The number of aromatic nitrogens is 2. The number of amides is 2. The molecule has 1 aliphatic carbocycles. The van der Waals surface area contributed by atoms with E-state index in [4.69, 9.17) is 10.5 Å². The van der Waals surface area contributed by atoms with Gasteiger partial charge in [0.05, 0.1) is 11.6 Å². The molecule has 1 heterocycles. The van der Waals surface area contributed by atoms with Crippen molar-refractivity contribution in [2.45, 2.75) is 38.2 Å². The fourth-order valence-electron chi connectivity index (χ4n) is 3.57. The Balaban J connectivity index is 1.50. The van der Waals surface area contributed by atoms with Crippen LogP contribution in [0.25, 0.3) is 10.9 Å². The van der Waals surface area contributed by atoms with Gasteiger partial charge in [0.2, 0.25) is 0 Å². The summed E-state index contributed by atoms with van der Waals surface area (Å²) in [5.41, 5.74) is 7.23. The lowest BCUT2D eigenvalue weighted by atomic mass is 9.98. The van der Waals surface area contributed by atoms with Crippen LogP contribution in [0.15, 0.2) is 42.5 Å². The van der Waals surface area contributed by atoms with Crippen LogP contribution in [-0.2, 0) is 0 Å². The van der Waals surface area contributed by atoms with Gasteiger partial charge in [-0.3, -0.25) is 14.7 Å². The molecule has 0 saturated heterocycles. The minimum Gasteiger partial charge on any atom is -0.490 e. The third kappa shape index (κ3) is 3.83. The summed E-state index contributed by atoms with van der Waals surface area (Å²) in [7, 11) is 0. The molecule has 7 nitrogen and oxygen atoms in total. The number of carbonyl (C=O) groups is 2. The third-order valence-corrected chi connectivity index (χ3v) is 5.01. The highest BCUT2D eigenvalue weighted by molar-refractivity contribution is 6.08. The molecule has 0 spiro atoms. The summed E-state index contributed by atoms with van der Waals surface area (Å²) >= 11 is 0. The lowest BCUT2D eigenvalue weighted by Crippen LogP contribution is -2.20. The number of rotatable bonds is 5. The van der Waals surface area contributed by atoms with E-state index < -0.39 is 5.91 Å². The number of aromatic amines is 1. The normalized spacial score (nSPS) is 14.7. The zero-order valence-corrected chi connectivity index (χ0v) is 15.4. The Hall–Kier alpha value is -3.35. The van der Waals surface area contributed by atoms with Gasteiger partial charge in [-0.2, -0.15) is 5.10 Å². The molecule has 0 bridgehead atoms. The number of ether oxygens (including phenoxy) is 1. The first-order valence-corrected chi connectivity index (χ1v) is 9.46. The molecule has 0 atom stereocenters. The largest absolute Gasteiger partial charge is 0.490 e. The zero-order valence-electron chi connectivity index (χ0n) is 15.4. The highest BCUT2D eigenvalue weighted by Gasteiger charge is 2.16. The maximum Gasteiger partial charge on any atom is 0.269 e. The molecule has 0 radical (unpaired) electrons. The van der Waals surface area contributed by atoms with Gasteiger partial charge in [0.1, 0.15) is 5.75 Å². The Bertz CT molecular complexity index is 1020. The smallest absolute Gasteiger partial charge is 0.269 e. The van der Waals surface area contributed by atoms with E-state index >= 15 is 0 Å². The van der Waals surface area contributed by atoms with E-state index in [9.17, 15) is 9.59 Å². The standard InChI is InChI=1S/C21H22N4O3/c22-20(26)19-17-12-14(9-10-18(17)24-25-19)23-21(27)13-5-4-8-16(11-13)28-15-6-2-1-3-7-15/h4-5,8-12,15H,1-3,6-7H2,(H2,22,26)(H,23,27)(H,24,25). The molecule has 1 saturated carbocycles. The van der Waals surface area contributed by atoms with Crippen LogP contribution in [0, 0.1) is 0 Å². The summed E-state index contributed by atoms with van der Waals surface area (Å²) in [5.74, 6) is -0.166. The first-order chi connectivity index (χ1) is 13.6. The van der Waals surface area contributed by atoms with Crippen molar-refractivity contribution in [1.82, 2.24) is 10.2 Å². The molecular formula is C21H22N4O3. The highest BCUT2D eigenvalue weighted by atomic mass is 16.5. The molecule has 4 N–H and O–H groups in total. The van der Waals surface area contributed by atoms with Crippen LogP contribution < -0.4 is 15.8 Å². The molecule has 0 unspecified atom stereocenters. The molecule has 2 amide bonds. The van der Waals surface area contributed by atoms with Crippen LogP contribution in [0.5, 0.6) is 5.75 Å².